The van der Waals surface area contributed by atoms with Crippen molar-refractivity contribution in [2.24, 2.45) is 0 Å². The number of carbonyl (C=O) groups is 1. The number of nitrogens with zero attached hydrogens (tertiary/aromatic N) is 1. The highest BCUT2D eigenvalue weighted by Crippen LogP contribution is 2.36. The lowest BCUT2D eigenvalue weighted by Crippen LogP contribution is -2.14. The summed E-state index contributed by atoms with van der Waals surface area (Å²) in [5.74, 6) is -0.936. The van der Waals surface area contributed by atoms with Crippen molar-refractivity contribution in [2.45, 2.75) is 6.92 Å². The first kappa shape index (κ1) is 14.9. The van der Waals surface area contributed by atoms with Gasteiger partial charge in [0.2, 0.25) is 0 Å². The molecule has 0 saturated heterocycles. The molecule has 0 radical (unpaired) electrons. The van der Waals surface area contributed by atoms with Gasteiger partial charge in [0.15, 0.2) is 0 Å². The van der Waals surface area contributed by atoms with Crippen LogP contribution in [0.1, 0.15) is 15.9 Å². The Morgan fingerprint density at radius 2 is 1.35 bits per heavy atom. The largest absolute Gasteiger partial charge is 0.478 e. The van der Waals surface area contributed by atoms with Crippen LogP contribution in [0.25, 0.3) is 0 Å². The van der Waals surface area contributed by atoms with Crippen LogP contribution in [0.15, 0.2) is 78.9 Å². The summed E-state index contributed by atoms with van der Waals surface area (Å²) in [5, 5.41) is 9.53. The molecule has 3 nitrogen and oxygen atoms in total. The molecular formula is C20H17NO2. The minimum atomic E-state index is -0.936. The molecule has 0 heterocycles. The zero-order valence-corrected chi connectivity index (χ0v) is 12.8. The molecular weight excluding hydrogens is 286 g/mol. The summed E-state index contributed by atoms with van der Waals surface area (Å²) in [6.07, 6.45) is 0. The van der Waals surface area contributed by atoms with E-state index in [1.54, 1.807) is 12.1 Å². The molecule has 3 aromatic rings. The van der Waals surface area contributed by atoms with E-state index in [-0.39, 0.29) is 5.56 Å². The van der Waals surface area contributed by atoms with Crippen LogP contribution in [-0.4, -0.2) is 11.1 Å². The minimum Gasteiger partial charge on any atom is -0.478 e. The smallest absolute Gasteiger partial charge is 0.337 e. The van der Waals surface area contributed by atoms with Crippen molar-refractivity contribution >= 4 is 23.0 Å². The summed E-state index contributed by atoms with van der Waals surface area (Å²) in [6.45, 7) is 2.03. The van der Waals surface area contributed by atoms with Gasteiger partial charge >= 0.3 is 5.97 Å². The number of aryl methyl sites for hydroxylation is 1. The fourth-order valence-corrected chi connectivity index (χ4v) is 2.55. The van der Waals surface area contributed by atoms with E-state index >= 15 is 0 Å². The highest BCUT2D eigenvalue weighted by Gasteiger charge is 2.18. The van der Waals surface area contributed by atoms with E-state index in [2.05, 4.69) is 0 Å². The number of carboxylic acids is 1. The maximum atomic E-state index is 11.6. The third-order valence-electron chi connectivity index (χ3n) is 3.68. The van der Waals surface area contributed by atoms with Crippen molar-refractivity contribution in [3.05, 3.63) is 90.0 Å². The Morgan fingerprint density at radius 3 is 2.00 bits per heavy atom. The molecule has 3 heteroatoms. The molecule has 0 atom stereocenters. The molecule has 23 heavy (non-hydrogen) atoms. The van der Waals surface area contributed by atoms with E-state index in [1.807, 2.05) is 78.6 Å². The van der Waals surface area contributed by atoms with Crippen LogP contribution in [0.4, 0.5) is 17.1 Å². The second kappa shape index (κ2) is 6.36. The number of anilines is 3. The van der Waals surface area contributed by atoms with Crippen LogP contribution in [0.2, 0.25) is 0 Å². The molecule has 0 aliphatic rings. The fraction of sp³-hybridized carbons (Fsp3) is 0.0500. The summed E-state index contributed by atoms with van der Waals surface area (Å²) in [7, 11) is 0. The third kappa shape index (κ3) is 3.09. The standard InChI is InChI=1S/C20H17NO2/c1-15-11-13-17(14-12-15)21(16-7-3-2-4-8-16)19-10-6-5-9-18(19)20(22)23/h2-14H,1H3,(H,22,23). The molecule has 1 N–H and O–H groups in total. The number of benzene rings is 3. The fourth-order valence-electron chi connectivity index (χ4n) is 2.55. The molecule has 0 aromatic heterocycles. The van der Waals surface area contributed by atoms with Gasteiger partial charge in [0, 0.05) is 11.4 Å². The van der Waals surface area contributed by atoms with Gasteiger partial charge in [0.1, 0.15) is 0 Å². The van der Waals surface area contributed by atoms with Crippen LogP contribution < -0.4 is 4.90 Å². The molecule has 114 valence electrons. The van der Waals surface area contributed by atoms with Crippen molar-refractivity contribution in [3.8, 4) is 0 Å². The molecule has 3 aromatic carbocycles. The van der Waals surface area contributed by atoms with Crippen molar-refractivity contribution in [2.75, 3.05) is 4.90 Å². The van der Waals surface area contributed by atoms with Crippen LogP contribution in [-0.2, 0) is 0 Å². The van der Waals surface area contributed by atoms with E-state index in [1.165, 1.54) is 0 Å². The highest BCUT2D eigenvalue weighted by atomic mass is 16.4. The second-order valence-corrected chi connectivity index (χ2v) is 5.33. The maximum absolute atomic E-state index is 11.6. The first-order valence-corrected chi connectivity index (χ1v) is 7.41. The van der Waals surface area contributed by atoms with E-state index in [4.69, 9.17) is 0 Å². The van der Waals surface area contributed by atoms with Gasteiger partial charge < -0.3 is 10.0 Å². The summed E-state index contributed by atoms with van der Waals surface area (Å²) in [5.41, 5.74) is 3.93. The number of carboxylic acid groups (broad SMARTS) is 1. The topological polar surface area (TPSA) is 40.5 Å². The number of hydrogen-bond donors (Lipinski definition) is 1. The van der Waals surface area contributed by atoms with Gasteiger partial charge in [-0.05, 0) is 43.3 Å². The van der Waals surface area contributed by atoms with Gasteiger partial charge in [-0.15, -0.1) is 0 Å². The lowest BCUT2D eigenvalue weighted by atomic mass is 10.1. The normalized spacial score (nSPS) is 10.3. The van der Waals surface area contributed by atoms with E-state index in [0.29, 0.717) is 5.69 Å². The molecule has 3 rings (SSSR count). The van der Waals surface area contributed by atoms with Crippen molar-refractivity contribution in [1.29, 1.82) is 0 Å². The lowest BCUT2D eigenvalue weighted by Gasteiger charge is -2.26. The van der Waals surface area contributed by atoms with Gasteiger partial charge in [-0.25, -0.2) is 4.79 Å². The zero-order chi connectivity index (χ0) is 16.2. The Balaban J connectivity index is 2.21. The summed E-state index contributed by atoms with van der Waals surface area (Å²) < 4.78 is 0. The molecule has 0 spiro atoms. The molecule has 0 bridgehead atoms. The Morgan fingerprint density at radius 1 is 0.783 bits per heavy atom. The average molecular weight is 303 g/mol. The predicted octanol–water partition coefficient (Wildman–Crippen LogP) is 5.16. The number of rotatable bonds is 4. The van der Waals surface area contributed by atoms with Crippen molar-refractivity contribution < 1.29 is 9.90 Å². The Labute approximate surface area is 135 Å². The number of aromatic carboxylic acids is 1. The Kier molecular flexibility index (Phi) is 4.11. The summed E-state index contributed by atoms with van der Waals surface area (Å²) in [4.78, 5) is 13.6. The van der Waals surface area contributed by atoms with Crippen molar-refractivity contribution in [1.82, 2.24) is 0 Å². The van der Waals surface area contributed by atoms with E-state index in [0.717, 1.165) is 16.9 Å². The third-order valence-corrected chi connectivity index (χ3v) is 3.68. The quantitative estimate of drug-likeness (QED) is 0.723. The SMILES string of the molecule is Cc1ccc(N(c2ccccc2)c2ccccc2C(=O)O)cc1. The second-order valence-electron chi connectivity index (χ2n) is 5.33. The highest BCUT2D eigenvalue weighted by molar-refractivity contribution is 5.97. The van der Waals surface area contributed by atoms with Crippen LogP contribution >= 0.6 is 0 Å². The van der Waals surface area contributed by atoms with Gasteiger partial charge in [0.25, 0.3) is 0 Å². The molecule has 0 saturated carbocycles. The Hall–Kier alpha value is -3.07. The van der Waals surface area contributed by atoms with E-state index < -0.39 is 5.97 Å². The van der Waals surface area contributed by atoms with Gasteiger partial charge in [-0.1, -0.05) is 48.0 Å². The lowest BCUT2D eigenvalue weighted by molar-refractivity contribution is 0.0698. The average Bonchev–Trinajstić information content (AvgIpc) is 2.58. The molecule has 0 aliphatic heterocycles. The zero-order valence-electron chi connectivity index (χ0n) is 12.8. The summed E-state index contributed by atoms with van der Waals surface area (Å²) in [6, 6.07) is 24.9. The van der Waals surface area contributed by atoms with Gasteiger partial charge in [0.05, 0.1) is 11.3 Å². The van der Waals surface area contributed by atoms with Crippen LogP contribution in [0.3, 0.4) is 0 Å². The minimum absolute atomic E-state index is 0.275. The number of hydrogen-bond acceptors (Lipinski definition) is 2. The summed E-state index contributed by atoms with van der Waals surface area (Å²) >= 11 is 0. The van der Waals surface area contributed by atoms with E-state index in [9.17, 15) is 9.90 Å². The first-order chi connectivity index (χ1) is 11.2. The predicted molar refractivity (Wildman–Crippen MR) is 92.8 cm³/mol. The molecule has 0 amide bonds. The Bertz CT molecular complexity index is 811. The number of para-hydroxylation sites is 2. The van der Waals surface area contributed by atoms with Crippen molar-refractivity contribution in [3.63, 3.8) is 0 Å². The van der Waals surface area contributed by atoms with Gasteiger partial charge in [-0.2, -0.15) is 0 Å². The molecule has 0 unspecified atom stereocenters. The van der Waals surface area contributed by atoms with Crippen LogP contribution in [0.5, 0.6) is 0 Å². The van der Waals surface area contributed by atoms with Gasteiger partial charge in [-0.3, -0.25) is 0 Å². The monoisotopic (exact) mass is 303 g/mol. The maximum Gasteiger partial charge on any atom is 0.337 e. The first-order valence-electron chi connectivity index (χ1n) is 7.41. The molecule has 0 aliphatic carbocycles. The molecule has 0 fully saturated rings. The van der Waals surface area contributed by atoms with Crippen LogP contribution in [0, 0.1) is 6.92 Å².